The van der Waals surface area contributed by atoms with Crippen molar-refractivity contribution < 1.29 is 4.79 Å². The summed E-state index contributed by atoms with van der Waals surface area (Å²) in [7, 11) is 0. The Kier molecular flexibility index (Phi) is 6.08. The van der Waals surface area contributed by atoms with Crippen LogP contribution in [0.4, 0.5) is 0 Å². The predicted octanol–water partition coefficient (Wildman–Crippen LogP) is 2.82. The van der Waals surface area contributed by atoms with E-state index in [0.29, 0.717) is 6.42 Å². The first-order valence-electron chi connectivity index (χ1n) is 5.49. The van der Waals surface area contributed by atoms with Gasteiger partial charge in [0, 0.05) is 24.1 Å². The third-order valence-electron chi connectivity index (χ3n) is 2.35. The van der Waals surface area contributed by atoms with E-state index in [0.717, 1.165) is 23.7 Å². The summed E-state index contributed by atoms with van der Waals surface area (Å²) in [5.41, 5.74) is 1.04. The zero-order valence-corrected chi connectivity index (χ0v) is 11.0. The van der Waals surface area contributed by atoms with Crippen molar-refractivity contribution in [3.63, 3.8) is 0 Å². The molecule has 0 saturated carbocycles. The maximum Gasteiger partial charge on any atom is 0.220 e. The fourth-order valence-electron chi connectivity index (χ4n) is 1.41. The molecule has 0 spiro atoms. The second kappa shape index (κ2) is 7.39. The number of halogens is 1. The number of alkyl halides is 1. The van der Waals surface area contributed by atoms with Gasteiger partial charge in [0.15, 0.2) is 0 Å². The number of hydrogen-bond donors (Lipinski definition) is 1. The van der Waals surface area contributed by atoms with Gasteiger partial charge in [0.25, 0.3) is 0 Å². The van der Waals surface area contributed by atoms with Crippen molar-refractivity contribution in [3.8, 4) is 0 Å². The van der Waals surface area contributed by atoms with Gasteiger partial charge in [0.2, 0.25) is 5.91 Å². The molecule has 1 N–H and O–H groups in total. The smallest absolute Gasteiger partial charge is 0.220 e. The van der Waals surface area contributed by atoms with Gasteiger partial charge in [-0.1, -0.05) is 22.0 Å². The quantitative estimate of drug-likeness (QED) is 0.645. The standard InChI is InChI=1S/C12H17BrN2O/c1-10(11-5-4-8-14-9-11)15-12(16)6-2-3-7-13/h4-5,8-10H,2-3,6-7H2,1H3,(H,15,16). The first-order valence-corrected chi connectivity index (χ1v) is 6.61. The molecule has 0 aliphatic carbocycles. The average Bonchev–Trinajstić information content (AvgIpc) is 2.30. The second-order valence-electron chi connectivity index (χ2n) is 3.72. The third kappa shape index (κ3) is 4.75. The Labute approximate surface area is 105 Å². The minimum atomic E-state index is 0.0326. The summed E-state index contributed by atoms with van der Waals surface area (Å²) in [5.74, 6) is 0.109. The van der Waals surface area contributed by atoms with Gasteiger partial charge >= 0.3 is 0 Å². The Morgan fingerprint density at radius 3 is 3.00 bits per heavy atom. The van der Waals surface area contributed by atoms with E-state index in [1.54, 1.807) is 12.4 Å². The Bertz CT molecular complexity index is 316. The number of rotatable bonds is 6. The van der Waals surface area contributed by atoms with Crippen LogP contribution in [0.3, 0.4) is 0 Å². The number of pyridine rings is 1. The topological polar surface area (TPSA) is 42.0 Å². The molecule has 1 heterocycles. The molecule has 1 atom stereocenters. The van der Waals surface area contributed by atoms with Crippen molar-refractivity contribution in [1.82, 2.24) is 10.3 Å². The van der Waals surface area contributed by atoms with Gasteiger partial charge in [-0.05, 0) is 31.4 Å². The summed E-state index contributed by atoms with van der Waals surface area (Å²) < 4.78 is 0. The highest BCUT2D eigenvalue weighted by Gasteiger charge is 2.08. The number of carbonyl (C=O) groups is 1. The lowest BCUT2D eigenvalue weighted by Gasteiger charge is -2.13. The van der Waals surface area contributed by atoms with E-state index >= 15 is 0 Å². The van der Waals surface area contributed by atoms with E-state index in [-0.39, 0.29) is 11.9 Å². The highest BCUT2D eigenvalue weighted by Crippen LogP contribution is 2.10. The molecule has 0 aliphatic rings. The lowest BCUT2D eigenvalue weighted by atomic mass is 10.1. The van der Waals surface area contributed by atoms with E-state index in [2.05, 4.69) is 26.2 Å². The van der Waals surface area contributed by atoms with Crippen molar-refractivity contribution in [3.05, 3.63) is 30.1 Å². The van der Waals surface area contributed by atoms with Gasteiger partial charge < -0.3 is 5.32 Å². The Morgan fingerprint density at radius 2 is 2.38 bits per heavy atom. The van der Waals surface area contributed by atoms with E-state index in [9.17, 15) is 4.79 Å². The van der Waals surface area contributed by atoms with Crippen LogP contribution in [0.5, 0.6) is 0 Å². The fourth-order valence-corrected chi connectivity index (χ4v) is 1.81. The number of nitrogens with zero attached hydrogens (tertiary/aromatic N) is 1. The number of nitrogens with one attached hydrogen (secondary N) is 1. The summed E-state index contributed by atoms with van der Waals surface area (Å²) in [4.78, 5) is 15.6. The number of amides is 1. The predicted molar refractivity (Wildman–Crippen MR) is 68.4 cm³/mol. The van der Waals surface area contributed by atoms with E-state index in [4.69, 9.17) is 0 Å². The number of unbranched alkanes of at least 4 members (excludes halogenated alkanes) is 1. The molecule has 1 aromatic heterocycles. The maximum atomic E-state index is 11.6. The minimum absolute atomic E-state index is 0.0326. The fraction of sp³-hybridized carbons (Fsp3) is 0.500. The highest BCUT2D eigenvalue weighted by atomic mass is 79.9. The normalized spacial score (nSPS) is 12.1. The van der Waals surface area contributed by atoms with Crippen LogP contribution >= 0.6 is 15.9 Å². The molecule has 0 bridgehead atoms. The van der Waals surface area contributed by atoms with Crippen LogP contribution in [-0.4, -0.2) is 16.2 Å². The van der Waals surface area contributed by atoms with Crippen LogP contribution in [0, 0.1) is 0 Å². The SMILES string of the molecule is CC(NC(=O)CCCCBr)c1cccnc1. The molecule has 1 rings (SSSR count). The van der Waals surface area contributed by atoms with Gasteiger partial charge in [0.1, 0.15) is 0 Å². The summed E-state index contributed by atoms with van der Waals surface area (Å²) >= 11 is 3.35. The molecule has 16 heavy (non-hydrogen) atoms. The van der Waals surface area contributed by atoms with E-state index in [1.807, 2.05) is 19.1 Å². The minimum Gasteiger partial charge on any atom is -0.350 e. The van der Waals surface area contributed by atoms with Gasteiger partial charge in [0.05, 0.1) is 6.04 Å². The van der Waals surface area contributed by atoms with Crippen LogP contribution in [0.15, 0.2) is 24.5 Å². The maximum absolute atomic E-state index is 11.6. The van der Waals surface area contributed by atoms with Crippen molar-refractivity contribution in [2.24, 2.45) is 0 Å². The lowest BCUT2D eigenvalue weighted by molar-refractivity contribution is -0.121. The Hall–Kier alpha value is -0.900. The molecular weight excluding hydrogens is 268 g/mol. The van der Waals surface area contributed by atoms with Crippen LogP contribution in [0.1, 0.15) is 37.8 Å². The van der Waals surface area contributed by atoms with E-state index < -0.39 is 0 Å². The molecule has 0 aromatic carbocycles. The number of aromatic nitrogens is 1. The van der Waals surface area contributed by atoms with Crippen LogP contribution in [0.2, 0.25) is 0 Å². The van der Waals surface area contributed by atoms with Crippen molar-refractivity contribution in [2.75, 3.05) is 5.33 Å². The third-order valence-corrected chi connectivity index (χ3v) is 2.91. The van der Waals surface area contributed by atoms with Crippen LogP contribution in [0.25, 0.3) is 0 Å². The molecule has 1 unspecified atom stereocenters. The van der Waals surface area contributed by atoms with E-state index in [1.165, 1.54) is 0 Å². The second-order valence-corrected chi connectivity index (χ2v) is 4.51. The largest absolute Gasteiger partial charge is 0.350 e. The molecule has 4 heteroatoms. The van der Waals surface area contributed by atoms with Crippen molar-refractivity contribution >= 4 is 21.8 Å². The summed E-state index contributed by atoms with van der Waals surface area (Å²) in [6, 6.07) is 3.88. The summed E-state index contributed by atoms with van der Waals surface area (Å²) in [6.07, 6.45) is 6.07. The van der Waals surface area contributed by atoms with Gasteiger partial charge in [-0.3, -0.25) is 9.78 Å². The van der Waals surface area contributed by atoms with Gasteiger partial charge in [-0.15, -0.1) is 0 Å². The molecule has 0 radical (unpaired) electrons. The zero-order chi connectivity index (χ0) is 11.8. The average molecular weight is 285 g/mol. The van der Waals surface area contributed by atoms with Gasteiger partial charge in [-0.25, -0.2) is 0 Å². The Balaban J connectivity index is 2.34. The first kappa shape index (κ1) is 13.2. The molecule has 88 valence electrons. The lowest BCUT2D eigenvalue weighted by Crippen LogP contribution is -2.26. The highest BCUT2D eigenvalue weighted by molar-refractivity contribution is 9.09. The summed E-state index contributed by atoms with van der Waals surface area (Å²) in [6.45, 7) is 1.97. The van der Waals surface area contributed by atoms with Crippen molar-refractivity contribution in [1.29, 1.82) is 0 Å². The zero-order valence-electron chi connectivity index (χ0n) is 9.45. The van der Waals surface area contributed by atoms with Gasteiger partial charge in [-0.2, -0.15) is 0 Å². The monoisotopic (exact) mass is 284 g/mol. The molecule has 0 saturated heterocycles. The Morgan fingerprint density at radius 1 is 1.56 bits per heavy atom. The molecular formula is C12H17BrN2O. The van der Waals surface area contributed by atoms with Crippen molar-refractivity contribution in [2.45, 2.75) is 32.2 Å². The van der Waals surface area contributed by atoms with Crippen LogP contribution < -0.4 is 5.32 Å². The molecule has 0 fully saturated rings. The number of carbonyl (C=O) groups excluding carboxylic acids is 1. The molecule has 0 aliphatic heterocycles. The molecule has 1 amide bonds. The number of hydrogen-bond acceptors (Lipinski definition) is 2. The summed E-state index contributed by atoms with van der Waals surface area (Å²) in [5, 5.41) is 3.92. The first-order chi connectivity index (χ1) is 7.74. The molecule has 1 aromatic rings. The molecule has 3 nitrogen and oxygen atoms in total. The van der Waals surface area contributed by atoms with Crippen LogP contribution in [-0.2, 0) is 4.79 Å².